The second-order valence-electron chi connectivity index (χ2n) is 4.44. The van der Waals surface area contributed by atoms with E-state index in [4.69, 9.17) is 4.52 Å². The highest BCUT2D eigenvalue weighted by Crippen LogP contribution is 2.20. The van der Waals surface area contributed by atoms with Gasteiger partial charge in [-0.25, -0.2) is 4.99 Å². The quantitative estimate of drug-likeness (QED) is 0.778. The molecule has 2 rings (SSSR count). The molecular weight excluding hydrogens is 226 g/mol. The van der Waals surface area contributed by atoms with Crippen molar-refractivity contribution in [2.45, 2.75) is 13.8 Å². The molecule has 0 atom stereocenters. The lowest BCUT2D eigenvalue weighted by Gasteiger charge is -2.11. The molecule has 0 amide bonds. The Balaban J connectivity index is 2.16. The van der Waals surface area contributed by atoms with Crippen molar-refractivity contribution in [3.8, 4) is 0 Å². The summed E-state index contributed by atoms with van der Waals surface area (Å²) in [5.74, 6) is 0.573. The number of aliphatic imine (C=N–C) groups is 1. The molecule has 0 saturated carbocycles. The van der Waals surface area contributed by atoms with Crippen LogP contribution >= 0.6 is 0 Å². The van der Waals surface area contributed by atoms with Crippen LogP contribution < -0.4 is 4.90 Å². The van der Waals surface area contributed by atoms with Crippen LogP contribution in [0.25, 0.3) is 0 Å². The number of benzene rings is 1. The predicted octanol–water partition coefficient (Wildman–Crippen LogP) is 3.11. The molecule has 0 unspecified atom stereocenters. The number of hydrogen-bond acceptors (Lipinski definition) is 4. The molecule has 1 aromatic carbocycles. The fourth-order valence-electron chi connectivity index (χ4n) is 1.52. The molecule has 1 heterocycles. The summed E-state index contributed by atoms with van der Waals surface area (Å²) in [6, 6.07) is 8.16. The number of hydrogen-bond donors (Lipinski definition) is 0. The van der Waals surface area contributed by atoms with E-state index in [-0.39, 0.29) is 0 Å². The Bertz CT molecular complexity index is 553. The van der Waals surface area contributed by atoms with Gasteiger partial charge in [-0.05, 0) is 31.5 Å². The van der Waals surface area contributed by atoms with E-state index in [1.54, 1.807) is 6.21 Å². The Morgan fingerprint density at radius 2 is 1.83 bits per heavy atom. The van der Waals surface area contributed by atoms with Gasteiger partial charge in [-0.15, -0.1) is 0 Å². The minimum absolute atomic E-state index is 0.573. The molecule has 4 nitrogen and oxygen atoms in total. The maximum Gasteiger partial charge on any atom is 0.253 e. The Labute approximate surface area is 107 Å². The van der Waals surface area contributed by atoms with Crippen LogP contribution in [0.2, 0.25) is 0 Å². The molecule has 1 aromatic heterocycles. The van der Waals surface area contributed by atoms with Gasteiger partial charge in [-0.1, -0.05) is 17.3 Å². The van der Waals surface area contributed by atoms with Gasteiger partial charge in [0.05, 0.1) is 5.69 Å². The van der Waals surface area contributed by atoms with Crippen molar-refractivity contribution in [3.05, 3.63) is 41.1 Å². The first-order valence-corrected chi connectivity index (χ1v) is 5.82. The van der Waals surface area contributed by atoms with E-state index in [0.717, 1.165) is 16.8 Å². The summed E-state index contributed by atoms with van der Waals surface area (Å²) >= 11 is 0. The molecule has 0 N–H and O–H groups in total. The molecule has 0 saturated heterocycles. The summed E-state index contributed by atoms with van der Waals surface area (Å²) in [7, 11) is 4.04. The van der Waals surface area contributed by atoms with Crippen molar-refractivity contribution in [2.75, 3.05) is 19.0 Å². The van der Waals surface area contributed by atoms with Crippen molar-refractivity contribution in [3.63, 3.8) is 0 Å². The summed E-state index contributed by atoms with van der Waals surface area (Å²) in [5.41, 5.74) is 4.06. The lowest BCUT2D eigenvalue weighted by atomic mass is 10.2. The SMILES string of the molecule is Cc1noc(/N=C/c2ccc(N(C)C)cc2)c1C. The first-order valence-electron chi connectivity index (χ1n) is 5.82. The highest BCUT2D eigenvalue weighted by molar-refractivity contribution is 5.82. The monoisotopic (exact) mass is 243 g/mol. The van der Waals surface area contributed by atoms with E-state index in [2.05, 4.69) is 27.2 Å². The molecule has 0 fully saturated rings. The van der Waals surface area contributed by atoms with Gasteiger partial charge >= 0.3 is 0 Å². The van der Waals surface area contributed by atoms with E-state index in [9.17, 15) is 0 Å². The van der Waals surface area contributed by atoms with Gasteiger partial charge in [-0.3, -0.25) is 0 Å². The summed E-state index contributed by atoms with van der Waals surface area (Å²) < 4.78 is 5.12. The Hall–Kier alpha value is -2.10. The summed E-state index contributed by atoms with van der Waals surface area (Å²) in [4.78, 5) is 6.36. The van der Waals surface area contributed by atoms with Gasteiger partial charge in [-0.2, -0.15) is 0 Å². The first kappa shape index (κ1) is 12.4. The molecule has 18 heavy (non-hydrogen) atoms. The molecule has 0 aliphatic heterocycles. The van der Waals surface area contributed by atoms with Crippen LogP contribution in [-0.2, 0) is 0 Å². The van der Waals surface area contributed by atoms with E-state index in [1.807, 2.05) is 40.1 Å². The first-order chi connectivity index (χ1) is 8.58. The van der Waals surface area contributed by atoms with Gasteiger partial charge in [0.2, 0.25) is 0 Å². The molecule has 0 spiro atoms. The highest BCUT2D eigenvalue weighted by atomic mass is 16.5. The minimum Gasteiger partial charge on any atom is -0.378 e. The highest BCUT2D eigenvalue weighted by Gasteiger charge is 2.05. The maximum absolute atomic E-state index is 5.12. The van der Waals surface area contributed by atoms with Crippen molar-refractivity contribution in [1.82, 2.24) is 5.16 Å². The van der Waals surface area contributed by atoms with E-state index < -0.39 is 0 Å². The van der Waals surface area contributed by atoms with Crippen LogP contribution in [0.1, 0.15) is 16.8 Å². The number of aromatic nitrogens is 1. The fourth-order valence-corrected chi connectivity index (χ4v) is 1.52. The van der Waals surface area contributed by atoms with Crippen LogP contribution in [0, 0.1) is 13.8 Å². The molecule has 4 heteroatoms. The predicted molar refractivity (Wildman–Crippen MR) is 74.0 cm³/mol. The van der Waals surface area contributed by atoms with Crippen molar-refractivity contribution in [2.24, 2.45) is 4.99 Å². The average molecular weight is 243 g/mol. The fraction of sp³-hybridized carbons (Fsp3) is 0.286. The standard InChI is InChI=1S/C14H17N3O/c1-10-11(2)16-18-14(10)15-9-12-5-7-13(8-6-12)17(3)4/h5-9H,1-4H3/b15-9+. The van der Waals surface area contributed by atoms with Gasteiger partial charge in [0.15, 0.2) is 0 Å². The number of rotatable bonds is 3. The Kier molecular flexibility index (Phi) is 3.46. The van der Waals surface area contributed by atoms with Gasteiger partial charge in [0.25, 0.3) is 5.88 Å². The molecule has 0 aliphatic rings. The smallest absolute Gasteiger partial charge is 0.253 e. The molecular formula is C14H17N3O. The number of aryl methyl sites for hydroxylation is 1. The van der Waals surface area contributed by atoms with Gasteiger partial charge in [0, 0.05) is 31.6 Å². The van der Waals surface area contributed by atoms with E-state index >= 15 is 0 Å². The van der Waals surface area contributed by atoms with E-state index in [0.29, 0.717) is 5.88 Å². The lowest BCUT2D eigenvalue weighted by molar-refractivity contribution is 0.425. The number of anilines is 1. The van der Waals surface area contributed by atoms with Crippen LogP contribution in [0.3, 0.4) is 0 Å². The largest absolute Gasteiger partial charge is 0.378 e. The van der Waals surface area contributed by atoms with Gasteiger partial charge < -0.3 is 9.42 Å². The third-order valence-electron chi connectivity index (χ3n) is 2.87. The van der Waals surface area contributed by atoms with Crippen molar-refractivity contribution in [1.29, 1.82) is 0 Å². The third kappa shape index (κ3) is 2.59. The summed E-state index contributed by atoms with van der Waals surface area (Å²) in [6.45, 7) is 3.86. The lowest BCUT2D eigenvalue weighted by Crippen LogP contribution is -2.08. The molecule has 2 aromatic rings. The normalized spacial score (nSPS) is 11.1. The maximum atomic E-state index is 5.12. The Morgan fingerprint density at radius 1 is 1.17 bits per heavy atom. The second-order valence-corrected chi connectivity index (χ2v) is 4.44. The van der Waals surface area contributed by atoms with E-state index in [1.165, 1.54) is 5.69 Å². The van der Waals surface area contributed by atoms with Crippen LogP contribution in [-0.4, -0.2) is 25.5 Å². The van der Waals surface area contributed by atoms with Crippen molar-refractivity contribution >= 4 is 17.8 Å². The van der Waals surface area contributed by atoms with Gasteiger partial charge in [0.1, 0.15) is 0 Å². The van der Waals surface area contributed by atoms with Crippen LogP contribution in [0.5, 0.6) is 0 Å². The molecule has 94 valence electrons. The molecule has 0 bridgehead atoms. The molecule has 0 radical (unpaired) electrons. The topological polar surface area (TPSA) is 41.6 Å². The zero-order chi connectivity index (χ0) is 13.1. The van der Waals surface area contributed by atoms with Crippen molar-refractivity contribution < 1.29 is 4.52 Å². The van der Waals surface area contributed by atoms with Crippen LogP contribution in [0.4, 0.5) is 11.6 Å². The zero-order valence-electron chi connectivity index (χ0n) is 11.1. The second kappa shape index (κ2) is 5.04. The third-order valence-corrected chi connectivity index (χ3v) is 2.87. The van der Waals surface area contributed by atoms with Crippen LogP contribution in [0.15, 0.2) is 33.8 Å². The number of nitrogens with zero attached hydrogens (tertiary/aromatic N) is 3. The summed E-state index contributed by atoms with van der Waals surface area (Å²) in [5, 5.41) is 3.87. The molecule has 0 aliphatic carbocycles. The Morgan fingerprint density at radius 3 is 2.33 bits per heavy atom. The zero-order valence-corrected chi connectivity index (χ0v) is 11.1. The summed E-state index contributed by atoms with van der Waals surface area (Å²) in [6.07, 6.45) is 1.78. The minimum atomic E-state index is 0.573. The average Bonchev–Trinajstić information content (AvgIpc) is 2.68.